The van der Waals surface area contributed by atoms with Crippen molar-refractivity contribution in [3.63, 3.8) is 0 Å². The van der Waals surface area contributed by atoms with Crippen LogP contribution in [0.15, 0.2) is 24.5 Å². The fraction of sp³-hybridized carbons (Fsp3) is 0.286. The Morgan fingerprint density at radius 1 is 1.10 bits per heavy atom. The zero-order valence-corrected chi connectivity index (χ0v) is 11.6. The van der Waals surface area contributed by atoms with Crippen LogP contribution in [0.2, 0.25) is 0 Å². The molecule has 0 aliphatic carbocycles. The van der Waals surface area contributed by atoms with Gasteiger partial charge >= 0.3 is 0 Å². The van der Waals surface area contributed by atoms with Crippen molar-refractivity contribution in [2.75, 3.05) is 19.5 Å². The van der Waals surface area contributed by atoms with E-state index in [1.54, 1.807) is 0 Å². The monoisotopic (exact) mass is 277 g/mol. The molecule has 0 aliphatic rings. The van der Waals surface area contributed by atoms with Gasteiger partial charge in [0, 0.05) is 5.69 Å². The molecule has 5 nitrogen and oxygen atoms in total. The van der Waals surface area contributed by atoms with Crippen molar-refractivity contribution in [2.24, 2.45) is 0 Å². The van der Waals surface area contributed by atoms with E-state index in [0.717, 1.165) is 5.56 Å². The molecule has 0 spiro atoms. The van der Waals surface area contributed by atoms with Gasteiger partial charge in [0.1, 0.15) is 12.1 Å². The molecule has 1 aromatic carbocycles. The van der Waals surface area contributed by atoms with Crippen LogP contribution >= 0.6 is 0 Å². The van der Waals surface area contributed by atoms with E-state index >= 15 is 0 Å². The predicted octanol–water partition coefficient (Wildman–Crippen LogP) is 2.55. The molecule has 0 saturated carbocycles. The molecule has 1 aromatic heterocycles. The lowest BCUT2D eigenvalue weighted by Crippen LogP contribution is -2.07. The number of rotatable bonds is 5. The summed E-state index contributed by atoms with van der Waals surface area (Å²) < 4.78 is 23.7. The third-order valence-electron chi connectivity index (χ3n) is 2.76. The largest absolute Gasteiger partial charge is 0.481 e. The number of benzene rings is 1. The van der Waals surface area contributed by atoms with Crippen LogP contribution in [0.4, 0.5) is 10.1 Å². The highest BCUT2D eigenvalue weighted by Gasteiger charge is 2.12. The Kier molecular flexibility index (Phi) is 4.34. The Hall–Kier alpha value is -2.37. The Morgan fingerprint density at radius 2 is 1.75 bits per heavy atom. The summed E-state index contributed by atoms with van der Waals surface area (Å²) in [7, 11) is 3.05. The fourth-order valence-corrected chi connectivity index (χ4v) is 1.91. The van der Waals surface area contributed by atoms with E-state index in [4.69, 9.17) is 9.47 Å². The van der Waals surface area contributed by atoms with Gasteiger partial charge in [0.2, 0.25) is 11.8 Å². The predicted molar refractivity (Wildman–Crippen MR) is 73.6 cm³/mol. The van der Waals surface area contributed by atoms with Crippen molar-refractivity contribution >= 4 is 5.69 Å². The summed E-state index contributed by atoms with van der Waals surface area (Å²) in [6, 6.07) is 4.75. The average molecular weight is 277 g/mol. The molecule has 0 amide bonds. The summed E-state index contributed by atoms with van der Waals surface area (Å²) in [5.41, 5.74) is 2.20. The molecule has 0 saturated heterocycles. The molecule has 6 heteroatoms. The van der Waals surface area contributed by atoms with Crippen molar-refractivity contribution in [1.82, 2.24) is 9.97 Å². The first-order valence-corrected chi connectivity index (χ1v) is 6.07. The third-order valence-corrected chi connectivity index (χ3v) is 2.76. The molecular weight excluding hydrogens is 261 g/mol. The number of anilines is 1. The van der Waals surface area contributed by atoms with Gasteiger partial charge in [0.05, 0.1) is 26.3 Å². The van der Waals surface area contributed by atoms with E-state index in [9.17, 15) is 4.39 Å². The van der Waals surface area contributed by atoms with Gasteiger partial charge in [-0.15, -0.1) is 0 Å². The van der Waals surface area contributed by atoms with E-state index in [0.29, 0.717) is 29.6 Å². The zero-order valence-electron chi connectivity index (χ0n) is 11.6. The van der Waals surface area contributed by atoms with Crippen LogP contribution in [0.3, 0.4) is 0 Å². The topological polar surface area (TPSA) is 56.3 Å². The molecular formula is C14H16FN3O2. The van der Waals surface area contributed by atoms with Gasteiger partial charge < -0.3 is 14.8 Å². The van der Waals surface area contributed by atoms with Gasteiger partial charge in [-0.1, -0.05) is 0 Å². The van der Waals surface area contributed by atoms with Crippen LogP contribution in [0.5, 0.6) is 11.8 Å². The maximum atomic E-state index is 13.3. The number of aromatic nitrogens is 2. The fourth-order valence-electron chi connectivity index (χ4n) is 1.91. The number of hydrogen-bond acceptors (Lipinski definition) is 5. The van der Waals surface area contributed by atoms with Gasteiger partial charge in [0.15, 0.2) is 0 Å². The van der Waals surface area contributed by atoms with Gasteiger partial charge in [-0.05, 0) is 30.7 Å². The number of halogens is 1. The molecule has 20 heavy (non-hydrogen) atoms. The number of methoxy groups -OCH3 is 2. The van der Waals surface area contributed by atoms with Crippen molar-refractivity contribution in [1.29, 1.82) is 0 Å². The van der Waals surface area contributed by atoms with Gasteiger partial charge in [0.25, 0.3) is 0 Å². The SMILES string of the molecule is COc1ncnc(OC)c1CNc1cc(C)cc(F)c1. The van der Waals surface area contributed by atoms with E-state index < -0.39 is 0 Å². The van der Waals surface area contributed by atoms with Gasteiger partial charge in [-0.3, -0.25) is 0 Å². The lowest BCUT2D eigenvalue weighted by Gasteiger charge is -2.12. The normalized spacial score (nSPS) is 10.2. The second-order valence-corrected chi connectivity index (χ2v) is 4.24. The van der Waals surface area contributed by atoms with Crippen LogP contribution in [-0.4, -0.2) is 24.2 Å². The summed E-state index contributed by atoms with van der Waals surface area (Å²) in [6.45, 7) is 2.21. The summed E-state index contributed by atoms with van der Waals surface area (Å²) in [6.07, 6.45) is 1.37. The second-order valence-electron chi connectivity index (χ2n) is 4.24. The van der Waals surface area contributed by atoms with Crippen molar-refractivity contribution in [3.05, 3.63) is 41.5 Å². The van der Waals surface area contributed by atoms with E-state index in [1.165, 1.54) is 32.7 Å². The van der Waals surface area contributed by atoms with Gasteiger partial charge in [-0.2, -0.15) is 0 Å². The van der Waals surface area contributed by atoms with Crippen LogP contribution in [-0.2, 0) is 6.54 Å². The lowest BCUT2D eigenvalue weighted by atomic mass is 10.2. The van der Waals surface area contributed by atoms with Crippen molar-refractivity contribution in [2.45, 2.75) is 13.5 Å². The van der Waals surface area contributed by atoms with Crippen molar-refractivity contribution in [3.8, 4) is 11.8 Å². The first kappa shape index (κ1) is 14.0. The number of aryl methyl sites for hydroxylation is 1. The Morgan fingerprint density at radius 3 is 2.30 bits per heavy atom. The molecule has 1 N–H and O–H groups in total. The molecule has 0 bridgehead atoms. The molecule has 1 heterocycles. The molecule has 106 valence electrons. The number of nitrogens with zero attached hydrogens (tertiary/aromatic N) is 2. The molecule has 0 radical (unpaired) electrons. The standard InChI is InChI=1S/C14H16FN3O2/c1-9-4-10(15)6-11(5-9)16-7-12-13(19-2)17-8-18-14(12)20-3/h4-6,8,16H,7H2,1-3H3. The highest BCUT2D eigenvalue weighted by Crippen LogP contribution is 2.24. The second kappa shape index (κ2) is 6.18. The average Bonchev–Trinajstić information content (AvgIpc) is 2.43. The van der Waals surface area contributed by atoms with E-state index in [1.807, 2.05) is 13.0 Å². The Labute approximate surface area is 116 Å². The van der Waals surface area contributed by atoms with E-state index in [2.05, 4.69) is 15.3 Å². The first-order chi connectivity index (χ1) is 9.63. The van der Waals surface area contributed by atoms with E-state index in [-0.39, 0.29) is 5.82 Å². The first-order valence-electron chi connectivity index (χ1n) is 6.07. The zero-order chi connectivity index (χ0) is 14.5. The minimum Gasteiger partial charge on any atom is -0.481 e. The Bertz CT molecular complexity index is 562. The molecule has 0 atom stereocenters. The Balaban J connectivity index is 2.22. The molecule has 0 fully saturated rings. The van der Waals surface area contributed by atoms with Gasteiger partial charge in [-0.25, -0.2) is 14.4 Å². The molecule has 2 aromatic rings. The molecule has 0 unspecified atom stereocenters. The molecule has 2 rings (SSSR count). The maximum Gasteiger partial charge on any atom is 0.225 e. The minimum atomic E-state index is -0.282. The van der Waals surface area contributed by atoms with Crippen LogP contribution < -0.4 is 14.8 Å². The lowest BCUT2D eigenvalue weighted by molar-refractivity contribution is 0.363. The van der Waals surface area contributed by atoms with Crippen LogP contribution in [0, 0.1) is 12.7 Å². The third kappa shape index (κ3) is 3.14. The maximum absolute atomic E-state index is 13.3. The number of hydrogen-bond donors (Lipinski definition) is 1. The molecule has 0 aliphatic heterocycles. The summed E-state index contributed by atoms with van der Waals surface area (Å²) in [5.74, 6) is 0.575. The minimum absolute atomic E-state index is 0.282. The summed E-state index contributed by atoms with van der Waals surface area (Å²) in [4.78, 5) is 8.05. The van der Waals surface area contributed by atoms with Crippen molar-refractivity contribution < 1.29 is 13.9 Å². The number of nitrogens with one attached hydrogen (secondary N) is 1. The quantitative estimate of drug-likeness (QED) is 0.910. The van der Waals surface area contributed by atoms with Crippen LogP contribution in [0.25, 0.3) is 0 Å². The van der Waals surface area contributed by atoms with Crippen LogP contribution in [0.1, 0.15) is 11.1 Å². The highest BCUT2D eigenvalue weighted by molar-refractivity contribution is 5.48. The smallest absolute Gasteiger partial charge is 0.225 e. The summed E-state index contributed by atoms with van der Waals surface area (Å²) >= 11 is 0. The highest BCUT2D eigenvalue weighted by atomic mass is 19.1. The summed E-state index contributed by atoms with van der Waals surface area (Å²) in [5, 5.41) is 3.11. The number of ether oxygens (including phenoxy) is 2.